The van der Waals surface area contributed by atoms with E-state index < -0.39 is 0 Å². The van der Waals surface area contributed by atoms with E-state index in [9.17, 15) is 0 Å². The molecule has 1 unspecified atom stereocenters. The zero-order chi connectivity index (χ0) is 7.56. The highest BCUT2D eigenvalue weighted by Gasteiger charge is 1.91. The molecule has 0 aliphatic carbocycles. The molecule has 0 amide bonds. The molecule has 0 saturated heterocycles. The normalized spacial score (nSPS) is 13.1. The van der Waals surface area contributed by atoms with Crippen LogP contribution in [0.1, 0.15) is 5.56 Å². The van der Waals surface area contributed by atoms with Crippen molar-refractivity contribution < 1.29 is 4.90 Å². The van der Waals surface area contributed by atoms with Gasteiger partial charge in [0.15, 0.2) is 0 Å². The number of quaternary nitrogens is 1. The van der Waals surface area contributed by atoms with Gasteiger partial charge >= 0.3 is 0 Å². The Bertz CT molecular complexity index is 198. The maximum atomic E-state index is 3.86. The van der Waals surface area contributed by atoms with Crippen molar-refractivity contribution in [3.8, 4) is 0 Å². The van der Waals surface area contributed by atoms with Gasteiger partial charge in [-0.2, -0.15) is 0 Å². The van der Waals surface area contributed by atoms with Crippen molar-refractivity contribution in [3.63, 3.8) is 0 Å². The minimum absolute atomic E-state index is 1.13. The van der Waals surface area contributed by atoms with Crippen LogP contribution in [0.2, 0.25) is 0 Å². The van der Waals surface area contributed by atoms with Crippen LogP contribution in [0.4, 0.5) is 5.69 Å². The van der Waals surface area contributed by atoms with Crippen LogP contribution in [0.3, 0.4) is 0 Å². The Morgan fingerprint density at radius 2 is 1.70 bits per heavy atom. The molecule has 0 aliphatic heterocycles. The first-order valence-electron chi connectivity index (χ1n) is 3.42. The van der Waals surface area contributed by atoms with Crippen LogP contribution in [0.5, 0.6) is 0 Å². The molecule has 1 aromatic carbocycles. The molecule has 54 valence electrons. The van der Waals surface area contributed by atoms with Crippen molar-refractivity contribution >= 4 is 5.69 Å². The maximum Gasteiger partial charge on any atom is 0.104 e. The SMILES string of the molecule is [CH2-][NH+](C)c1ccc(C)cc1. The Kier molecular flexibility index (Phi) is 2.07. The van der Waals surface area contributed by atoms with E-state index in [-0.39, 0.29) is 0 Å². The van der Waals surface area contributed by atoms with E-state index in [2.05, 4.69) is 38.2 Å². The lowest BCUT2D eigenvalue weighted by molar-refractivity contribution is -0.757. The second-order valence-corrected chi connectivity index (χ2v) is 2.65. The minimum Gasteiger partial charge on any atom is -0.437 e. The zero-order valence-electron chi connectivity index (χ0n) is 6.52. The van der Waals surface area contributed by atoms with Crippen LogP contribution in [-0.4, -0.2) is 7.05 Å². The highest BCUT2D eigenvalue weighted by atomic mass is 15.1. The maximum absolute atomic E-state index is 3.86. The van der Waals surface area contributed by atoms with Crippen molar-refractivity contribution in [3.05, 3.63) is 36.9 Å². The fourth-order valence-electron chi connectivity index (χ4n) is 0.838. The van der Waals surface area contributed by atoms with Crippen molar-refractivity contribution in [1.82, 2.24) is 0 Å². The van der Waals surface area contributed by atoms with Gasteiger partial charge in [-0.15, -0.1) is 7.05 Å². The van der Waals surface area contributed by atoms with E-state index in [1.54, 1.807) is 0 Å². The summed E-state index contributed by atoms with van der Waals surface area (Å²) in [6.45, 7) is 2.09. The summed E-state index contributed by atoms with van der Waals surface area (Å²) in [5.74, 6) is 0. The topological polar surface area (TPSA) is 4.44 Å². The third-order valence-corrected chi connectivity index (χ3v) is 1.54. The van der Waals surface area contributed by atoms with E-state index in [0.717, 1.165) is 4.90 Å². The second-order valence-electron chi connectivity index (χ2n) is 2.65. The van der Waals surface area contributed by atoms with Gasteiger partial charge in [0.2, 0.25) is 0 Å². The molecule has 1 rings (SSSR count). The Morgan fingerprint density at radius 1 is 1.20 bits per heavy atom. The van der Waals surface area contributed by atoms with E-state index >= 15 is 0 Å². The molecule has 0 radical (unpaired) electrons. The van der Waals surface area contributed by atoms with Gasteiger partial charge in [-0.3, -0.25) is 0 Å². The molecule has 1 atom stereocenters. The molecule has 10 heavy (non-hydrogen) atoms. The Morgan fingerprint density at radius 3 is 2.10 bits per heavy atom. The van der Waals surface area contributed by atoms with Crippen molar-refractivity contribution in [1.29, 1.82) is 0 Å². The van der Waals surface area contributed by atoms with Crippen molar-refractivity contribution in [2.45, 2.75) is 6.92 Å². The number of hydrogen-bond donors (Lipinski definition) is 1. The monoisotopic (exact) mass is 135 g/mol. The molecule has 1 N–H and O–H groups in total. The molecule has 1 heteroatoms. The fourth-order valence-corrected chi connectivity index (χ4v) is 0.838. The van der Waals surface area contributed by atoms with E-state index in [4.69, 9.17) is 0 Å². The molecule has 0 bridgehead atoms. The molecule has 1 nitrogen and oxygen atoms in total. The summed E-state index contributed by atoms with van der Waals surface area (Å²) in [6, 6.07) is 8.39. The smallest absolute Gasteiger partial charge is 0.104 e. The summed E-state index contributed by atoms with van der Waals surface area (Å²) in [5.41, 5.74) is 2.52. The highest BCUT2D eigenvalue weighted by molar-refractivity contribution is 5.31. The predicted octanol–water partition coefficient (Wildman–Crippen LogP) is 0.933. The van der Waals surface area contributed by atoms with Crippen LogP contribution in [0.15, 0.2) is 24.3 Å². The van der Waals surface area contributed by atoms with E-state index in [1.165, 1.54) is 11.3 Å². The van der Waals surface area contributed by atoms with Gasteiger partial charge in [-0.1, -0.05) is 17.7 Å². The summed E-state index contributed by atoms with van der Waals surface area (Å²) < 4.78 is 0. The summed E-state index contributed by atoms with van der Waals surface area (Å²) in [6.07, 6.45) is 0. The molecule has 0 heterocycles. The summed E-state index contributed by atoms with van der Waals surface area (Å²) in [7, 11) is 5.87. The molecule has 0 aliphatic rings. The van der Waals surface area contributed by atoms with Crippen LogP contribution >= 0.6 is 0 Å². The number of hydrogen-bond acceptors (Lipinski definition) is 0. The van der Waals surface area contributed by atoms with Gasteiger partial charge in [0.05, 0.1) is 0 Å². The van der Waals surface area contributed by atoms with Crippen LogP contribution < -0.4 is 4.90 Å². The molecule has 1 aromatic rings. The van der Waals surface area contributed by atoms with E-state index in [0.29, 0.717) is 0 Å². The predicted molar refractivity (Wildman–Crippen MR) is 43.1 cm³/mol. The molecule has 0 spiro atoms. The first kappa shape index (κ1) is 7.29. The average molecular weight is 135 g/mol. The lowest BCUT2D eigenvalue weighted by Gasteiger charge is -2.12. The molecule has 0 aromatic heterocycles. The van der Waals surface area contributed by atoms with Gasteiger partial charge in [-0.25, -0.2) is 0 Å². The number of rotatable bonds is 1. The Labute approximate surface area is 62.3 Å². The van der Waals surface area contributed by atoms with Crippen LogP contribution in [-0.2, 0) is 0 Å². The lowest BCUT2D eigenvalue weighted by Crippen LogP contribution is -2.97. The zero-order valence-corrected chi connectivity index (χ0v) is 6.52. The van der Waals surface area contributed by atoms with Gasteiger partial charge < -0.3 is 4.90 Å². The van der Waals surface area contributed by atoms with Gasteiger partial charge in [-0.05, 0) is 19.1 Å². The third-order valence-electron chi connectivity index (χ3n) is 1.54. The summed E-state index contributed by atoms with van der Waals surface area (Å²) in [5, 5.41) is 0. The molecular formula is C9H13N. The van der Waals surface area contributed by atoms with Crippen LogP contribution in [0, 0.1) is 14.0 Å². The van der Waals surface area contributed by atoms with Gasteiger partial charge in [0.1, 0.15) is 5.69 Å². The quantitative estimate of drug-likeness (QED) is 0.546. The highest BCUT2D eigenvalue weighted by Crippen LogP contribution is 2.02. The summed E-state index contributed by atoms with van der Waals surface area (Å²) in [4.78, 5) is 1.13. The molecule has 0 saturated carbocycles. The third kappa shape index (κ3) is 1.58. The molecular weight excluding hydrogens is 122 g/mol. The van der Waals surface area contributed by atoms with Crippen molar-refractivity contribution in [2.24, 2.45) is 0 Å². The largest absolute Gasteiger partial charge is 0.437 e. The Hall–Kier alpha value is -0.820. The minimum atomic E-state index is 1.13. The van der Waals surface area contributed by atoms with Crippen LogP contribution in [0.25, 0.3) is 0 Å². The van der Waals surface area contributed by atoms with Gasteiger partial charge in [0.25, 0.3) is 0 Å². The Balaban J connectivity index is 2.89. The molecule has 0 fully saturated rings. The number of aryl methyl sites for hydroxylation is 1. The van der Waals surface area contributed by atoms with Crippen molar-refractivity contribution in [2.75, 3.05) is 7.05 Å². The van der Waals surface area contributed by atoms with E-state index in [1.807, 2.05) is 7.05 Å². The standard InChI is InChI=1S/C9H13N/c1-8-4-6-9(7-5-8)10(2)3/h4-7,10H,2H2,1,3H3. The fraction of sp³-hybridized carbons (Fsp3) is 0.222. The number of benzene rings is 1. The van der Waals surface area contributed by atoms with Gasteiger partial charge in [0, 0.05) is 7.05 Å². The lowest BCUT2D eigenvalue weighted by atomic mass is 10.2. The first-order valence-corrected chi connectivity index (χ1v) is 3.42. The number of nitrogens with one attached hydrogen (secondary N) is 1. The second kappa shape index (κ2) is 2.84. The average Bonchev–Trinajstić information content (AvgIpc) is 1.88. The summed E-state index contributed by atoms with van der Waals surface area (Å²) >= 11 is 0. The first-order chi connectivity index (χ1) is 4.70.